The first kappa shape index (κ1) is 17.4. The SMILES string of the molecule is Cc1ccc(CC(C)NC(=O)C(C)C(C)N)s1.Cl. The number of nitrogens with one attached hydrogen (secondary N) is 1. The van der Waals surface area contributed by atoms with Crippen LogP contribution in [0.1, 0.15) is 30.5 Å². The summed E-state index contributed by atoms with van der Waals surface area (Å²) < 4.78 is 0. The highest BCUT2D eigenvalue weighted by Gasteiger charge is 2.18. The molecular weight excluding hydrogens is 268 g/mol. The molecule has 3 atom stereocenters. The Kier molecular flexibility index (Phi) is 7.52. The van der Waals surface area contributed by atoms with Gasteiger partial charge in [-0.05, 0) is 32.9 Å². The molecule has 1 aromatic heterocycles. The van der Waals surface area contributed by atoms with Gasteiger partial charge in [-0.25, -0.2) is 0 Å². The van der Waals surface area contributed by atoms with E-state index >= 15 is 0 Å². The first-order valence-electron chi connectivity index (χ1n) is 6.01. The Labute approximate surface area is 120 Å². The second-order valence-corrected chi connectivity index (χ2v) is 6.15. The third-order valence-corrected chi connectivity index (χ3v) is 3.92. The lowest BCUT2D eigenvalue weighted by molar-refractivity contribution is -0.125. The predicted molar refractivity (Wildman–Crippen MR) is 80.4 cm³/mol. The molecular formula is C13H23ClN2OS. The van der Waals surface area contributed by atoms with Crippen molar-refractivity contribution < 1.29 is 4.79 Å². The number of nitrogens with two attached hydrogens (primary N) is 1. The molecule has 0 aliphatic rings. The average Bonchev–Trinajstić information content (AvgIpc) is 2.62. The van der Waals surface area contributed by atoms with Gasteiger partial charge in [0, 0.05) is 34.2 Å². The number of carbonyl (C=O) groups is 1. The summed E-state index contributed by atoms with van der Waals surface area (Å²) in [7, 11) is 0. The molecule has 18 heavy (non-hydrogen) atoms. The molecule has 0 fully saturated rings. The number of hydrogen-bond acceptors (Lipinski definition) is 3. The molecule has 0 bridgehead atoms. The fourth-order valence-corrected chi connectivity index (χ4v) is 2.58. The van der Waals surface area contributed by atoms with E-state index in [4.69, 9.17) is 5.73 Å². The van der Waals surface area contributed by atoms with E-state index in [-0.39, 0.29) is 36.3 Å². The number of aryl methyl sites for hydroxylation is 1. The maximum atomic E-state index is 11.8. The zero-order valence-electron chi connectivity index (χ0n) is 11.4. The van der Waals surface area contributed by atoms with Crippen LogP contribution in [-0.4, -0.2) is 18.0 Å². The van der Waals surface area contributed by atoms with Gasteiger partial charge in [-0.1, -0.05) is 6.92 Å². The van der Waals surface area contributed by atoms with Crippen LogP contribution in [0.15, 0.2) is 12.1 Å². The predicted octanol–water partition coefficient (Wildman–Crippen LogP) is 2.51. The van der Waals surface area contributed by atoms with Crippen LogP contribution >= 0.6 is 23.7 Å². The Morgan fingerprint density at radius 3 is 2.44 bits per heavy atom. The van der Waals surface area contributed by atoms with E-state index in [9.17, 15) is 4.79 Å². The van der Waals surface area contributed by atoms with Gasteiger partial charge >= 0.3 is 0 Å². The van der Waals surface area contributed by atoms with Gasteiger partial charge in [0.25, 0.3) is 0 Å². The van der Waals surface area contributed by atoms with Crippen molar-refractivity contribution in [1.82, 2.24) is 5.32 Å². The molecule has 0 aromatic carbocycles. The van der Waals surface area contributed by atoms with Crippen LogP contribution in [0, 0.1) is 12.8 Å². The number of carbonyl (C=O) groups excluding carboxylic acids is 1. The highest BCUT2D eigenvalue weighted by Crippen LogP contribution is 2.16. The van der Waals surface area contributed by atoms with E-state index in [1.807, 2.05) is 20.8 Å². The van der Waals surface area contributed by atoms with Crippen LogP contribution in [0.3, 0.4) is 0 Å². The molecule has 1 amide bonds. The minimum absolute atomic E-state index is 0. The molecule has 0 aliphatic carbocycles. The minimum atomic E-state index is -0.137. The van der Waals surface area contributed by atoms with Crippen molar-refractivity contribution in [3.05, 3.63) is 21.9 Å². The summed E-state index contributed by atoms with van der Waals surface area (Å²) in [5.74, 6) is -0.0942. The van der Waals surface area contributed by atoms with Crippen LogP contribution in [0.2, 0.25) is 0 Å². The summed E-state index contributed by atoms with van der Waals surface area (Å²) in [6.45, 7) is 7.84. The van der Waals surface area contributed by atoms with Crippen molar-refractivity contribution in [1.29, 1.82) is 0 Å². The van der Waals surface area contributed by atoms with Crippen LogP contribution < -0.4 is 11.1 Å². The number of thiophene rings is 1. The van der Waals surface area contributed by atoms with Gasteiger partial charge in [0.05, 0.1) is 0 Å². The lowest BCUT2D eigenvalue weighted by Crippen LogP contribution is -2.42. The highest BCUT2D eigenvalue weighted by molar-refractivity contribution is 7.11. The molecule has 0 radical (unpaired) electrons. The number of amides is 1. The van der Waals surface area contributed by atoms with Crippen LogP contribution in [0.5, 0.6) is 0 Å². The van der Waals surface area contributed by atoms with Crippen molar-refractivity contribution >= 4 is 29.7 Å². The Morgan fingerprint density at radius 1 is 1.39 bits per heavy atom. The first-order valence-corrected chi connectivity index (χ1v) is 6.83. The van der Waals surface area contributed by atoms with Crippen molar-refractivity contribution in [2.75, 3.05) is 0 Å². The molecule has 0 aliphatic heterocycles. The molecule has 3 nitrogen and oxygen atoms in total. The third-order valence-electron chi connectivity index (χ3n) is 2.89. The topological polar surface area (TPSA) is 55.1 Å². The van der Waals surface area contributed by atoms with Gasteiger partial charge in [0.2, 0.25) is 5.91 Å². The monoisotopic (exact) mass is 290 g/mol. The molecule has 1 heterocycles. The maximum Gasteiger partial charge on any atom is 0.224 e. The summed E-state index contributed by atoms with van der Waals surface area (Å²) in [4.78, 5) is 14.4. The van der Waals surface area contributed by atoms with Crippen LogP contribution in [0.4, 0.5) is 0 Å². The molecule has 0 spiro atoms. The van der Waals surface area contributed by atoms with E-state index in [1.165, 1.54) is 9.75 Å². The van der Waals surface area contributed by atoms with Crippen molar-refractivity contribution in [2.24, 2.45) is 11.7 Å². The van der Waals surface area contributed by atoms with Gasteiger partial charge in [-0.2, -0.15) is 0 Å². The molecule has 5 heteroatoms. The zero-order chi connectivity index (χ0) is 13.0. The van der Waals surface area contributed by atoms with Gasteiger partial charge in [-0.15, -0.1) is 23.7 Å². The molecule has 104 valence electrons. The molecule has 3 N–H and O–H groups in total. The summed E-state index contributed by atoms with van der Waals surface area (Å²) in [5.41, 5.74) is 5.71. The van der Waals surface area contributed by atoms with Gasteiger partial charge in [-0.3, -0.25) is 4.79 Å². The van der Waals surface area contributed by atoms with E-state index in [1.54, 1.807) is 11.3 Å². The maximum absolute atomic E-state index is 11.8. The quantitative estimate of drug-likeness (QED) is 0.875. The average molecular weight is 291 g/mol. The fraction of sp³-hybridized carbons (Fsp3) is 0.615. The lowest BCUT2D eigenvalue weighted by Gasteiger charge is -2.19. The van der Waals surface area contributed by atoms with Gasteiger partial charge in [0.1, 0.15) is 0 Å². The Hall–Kier alpha value is -0.580. The van der Waals surface area contributed by atoms with Crippen LogP contribution in [-0.2, 0) is 11.2 Å². The molecule has 0 saturated heterocycles. The summed E-state index contributed by atoms with van der Waals surface area (Å²) in [5, 5.41) is 3.01. The molecule has 0 saturated carbocycles. The van der Waals surface area contributed by atoms with E-state index in [0.717, 1.165) is 6.42 Å². The zero-order valence-corrected chi connectivity index (χ0v) is 13.0. The van der Waals surface area contributed by atoms with Crippen molar-refractivity contribution in [2.45, 2.75) is 46.2 Å². The number of hydrogen-bond donors (Lipinski definition) is 2. The largest absolute Gasteiger partial charge is 0.353 e. The summed E-state index contributed by atoms with van der Waals surface area (Å²) in [6, 6.07) is 4.28. The molecule has 1 rings (SSSR count). The number of rotatable bonds is 5. The van der Waals surface area contributed by atoms with E-state index in [2.05, 4.69) is 24.4 Å². The highest BCUT2D eigenvalue weighted by atomic mass is 35.5. The van der Waals surface area contributed by atoms with Crippen LogP contribution in [0.25, 0.3) is 0 Å². The summed E-state index contributed by atoms with van der Waals surface area (Å²) in [6.07, 6.45) is 0.885. The Balaban J connectivity index is 0.00000289. The number of halogens is 1. The van der Waals surface area contributed by atoms with E-state index in [0.29, 0.717) is 0 Å². The lowest BCUT2D eigenvalue weighted by atomic mass is 10.0. The van der Waals surface area contributed by atoms with Gasteiger partial charge in [0.15, 0.2) is 0 Å². The van der Waals surface area contributed by atoms with Crippen molar-refractivity contribution in [3.63, 3.8) is 0 Å². The Morgan fingerprint density at radius 2 is 2.00 bits per heavy atom. The smallest absolute Gasteiger partial charge is 0.224 e. The molecule has 1 aromatic rings. The van der Waals surface area contributed by atoms with Gasteiger partial charge < -0.3 is 11.1 Å². The third kappa shape index (κ3) is 5.38. The second-order valence-electron chi connectivity index (χ2n) is 4.77. The van der Waals surface area contributed by atoms with Crippen molar-refractivity contribution in [3.8, 4) is 0 Å². The second kappa shape index (κ2) is 7.77. The fourth-order valence-electron chi connectivity index (χ4n) is 1.56. The standard InChI is InChI=1S/C13H22N2OS.ClH/c1-8(7-12-6-5-9(2)17-12)15-13(16)10(3)11(4)14;/h5-6,8,10-11H,7,14H2,1-4H3,(H,15,16);1H. The first-order chi connectivity index (χ1) is 7.90. The molecule has 3 unspecified atom stereocenters. The normalized spacial score (nSPS) is 15.4. The minimum Gasteiger partial charge on any atom is -0.353 e. The summed E-state index contributed by atoms with van der Waals surface area (Å²) >= 11 is 1.78. The van der Waals surface area contributed by atoms with E-state index < -0.39 is 0 Å². The Bertz CT molecular complexity index is 379.